The summed E-state index contributed by atoms with van der Waals surface area (Å²) in [7, 11) is 1.52. The lowest BCUT2D eigenvalue weighted by atomic mass is 9.94. The lowest BCUT2D eigenvalue weighted by Crippen LogP contribution is -2.29. The number of anilines is 1. The first-order chi connectivity index (χ1) is 18.4. The van der Waals surface area contributed by atoms with Gasteiger partial charge in [0.05, 0.1) is 43.6 Å². The summed E-state index contributed by atoms with van der Waals surface area (Å²) >= 11 is 0. The molecule has 1 aliphatic heterocycles. The standard InChI is InChI=1S/C30H28N2O6/c1-4-16-38-23-13-8-20(9-14-23)28(33)26-27(21-10-15-24(36-3)25(17-21)37-5-2)32(30(35)29(26)34)22-11-6-19(18-31)7-12-22/h6-15,17,27,33H,4-5,16H2,1-3H3/b28-26-. The molecule has 1 heterocycles. The van der Waals surface area contributed by atoms with Crippen LogP contribution in [-0.2, 0) is 9.59 Å². The number of nitrogens with zero attached hydrogens (tertiary/aromatic N) is 2. The van der Waals surface area contributed by atoms with Crippen molar-refractivity contribution in [3.63, 3.8) is 0 Å². The highest BCUT2D eigenvalue weighted by atomic mass is 16.5. The molecule has 0 spiro atoms. The van der Waals surface area contributed by atoms with E-state index in [0.29, 0.717) is 52.8 Å². The Labute approximate surface area is 221 Å². The normalized spacial score (nSPS) is 16.3. The van der Waals surface area contributed by atoms with Crippen molar-refractivity contribution in [3.05, 3.63) is 89.0 Å². The Hall–Kier alpha value is -4.77. The number of methoxy groups -OCH3 is 1. The molecule has 3 aromatic rings. The van der Waals surface area contributed by atoms with Gasteiger partial charge in [0.1, 0.15) is 11.5 Å². The van der Waals surface area contributed by atoms with E-state index in [0.717, 1.165) is 6.42 Å². The summed E-state index contributed by atoms with van der Waals surface area (Å²) in [6.07, 6.45) is 0.853. The molecular formula is C30H28N2O6. The molecule has 4 rings (SSSR count). The molecule has 1 amide bonds. The largest absolute Gasteiger partial charge is 0.507 e. The van der Waals surface area contributed by atoms with Crippen molar-refractivity contribution in [2.24, 2.45) is 0 Å². The molecule has 38 heavy (non-hydrogen) atoms. The quantitative estimate of drug-likeness (QED) is 0.233. The van der Waals surface area contributed by atoms with E-state index in [9.17, 15) is 20.0 Å². The lowest BCUT2D eigenvalue weighted by Gasteiger charge is -2.26. The molecule has 194 valence electrons. The number of amides is 1. The summed E-state index contributed by atoms with van der Waals surface area (Å²) in [6, 6.07) is 19.3. The number of hydrogen-bond acceptors (Lipinski definition) is 7. The van der Waals surface area contributed by atoms with Crippen LogP contribution in [0.3, 0.4) is 0 Å². The molecule has 3 aromatic carbocycles. The molecule has 1 fully saturated rings. The zero-order valence-electron chi connectivity index (χ0n) is 21.4. The minimum Gasteiger partial charge on any atom is -0.507 e. The molecule has 0 aromatic heterocycles. The van der Waals surface area contributed by atoms with E-state index in [4.69, 9.17) is 14.2 Å². The van der Waals surface area contributed by atoms with Gasteiger partial charge in [-0.1, -0.05) is 13.0 Å². The number of hydrogen-bond donors (Lipinski definition) is 1. The average Bonchev–Trinajstić information content (AvgIpc) is 3.22. The van der Waals surface area contributed by atoms with E-state index in [1.165, 1.54) is 12.0 Å². The molecule has 1 atom stereocenters. The van der Waals surface area contributed by atoms with Gasteiger partial charge in [-0.3, -0.25) is 14.5 Å². The van der Waals surface area contributed by atoms with Crippen LogP contribution in [0.15, 0.2) is 72.3 Å². The van der Waals surface area contributed by atoms with E-state index in [-0.39, 0.29) is 11.3 Å². The first-order valence-corrected chi connectivity index (χ1v) is 12.3. The number of aliphatic hydroxyl groups is 1. The summed E-state index contributed by atoms with van der Waals surface area (Å²) < 4.78 is 16.8. The molecule has 1 N–H and O–H groups in total. The Morgan fingerprint density at radius 1 is 0.974 bits per heavy atom. The third-order valence-corrected chi connectivity index (χ3v) is 6.12. The lowest BCUT2D eigenvalue weighted by molar-refractivity contribution is -0.132. The number of carbonyl (C=O) groups excluding carboxylic acids is 2. The zero-order valence-corrected chi connectivity index (χ0v) is 21.4. The van der Waals surface area contributed by atoms with Gasteiger partial charge in [-0.05, 0) is 79.6 Å². The number of ketones is 1. The van der Waals surface area contributed by atoms with Crippen molar-refractivity contribution < 1.29 is 28.9 Å². The molecule has 0 bridgehead atoms. The Bertz CT molecular complexity index is 1400. The van der Waals surface area contributed by atoms with Gasteiger partial charge in [-0.25, -0.2) is 0 Å². The highest BCUT2D eigenvalue weighted by Gasteiger charge is 2.47. The Balaban J connectivity index is 1.88. The first kappa shape index (κ1) is 26.3. The summed E-state index contributed by atoms with van der Waals surface area (Å²) in [5.41, 5.74) is 1.68. The molecule has 1 saturated heterocycles. The molecule has 1 unspecified atom stereocenters. The van der Waals surface area contributed by atoms with Gasteiger partial charge in [0, 0.05) is 11.3 Å². The maximum Gasteiger partial charge on any atom is 0.300 e. The third-order valence-electron chi connectivity index (χ3n) is 6.12. The number of Topliss-reactive ketones (excluding diaryl/α,β-unsaturated/α-hetero) is 1. The molecule has 8 nitrogen and oxygen atoms in total. The maximum atomic E-state index is 13.4. The molecule has 8 heteroatoms. The van der Waals surface area contributed by atoms with E-state index < -0.39 is 17.7 Å². The molecular weight excluding hydrogens is 484 g/mol. The van der Waals surface area contributed by atoms with Crippen LogP contribution < -0.4 is 19.1 Å². The van der Waals surface area contributed by atoms with Gasteiger partial charge >= 0.3 is 0 Å². The Morgan fingerprint density at radius 2 is 1.68 bits per heavy atom. The zero-order chi connectivity index (χ0) is 27.2. The minimum absolute atomic E-state index is 0.0609. The number of nitriles is 1. The van der Waals surface area contributed by atoms with Crippen LogP contribution in [0.1, 0.15) is 43.0 Å². The predicted octanol–water partition coefficient (Wildman–Crippen LogP) is 5.38. The van der Waals surface area contributed by atoms with Crippen LogP contribution in [0.2, 0.25) is 0 Å². The summed E-state index contributed by atoms with van der Waals surface area (Å²) in [5.74, 6) is -0.353. The van der Waals surface area contributed by atoms with Crippen LogP contribution in [0.4, 0.5) is 5.69 Å². The van der Waals surface area contributed by atoms with Crippen molar-refractivity contribution in [1.82, 2.24) is 0 Å². The topological polar surface area (TPSA) is 109 Å². The number of carbonyl (C=O) groups is 2. The summed E-state index contributed by atoms with van der Waals surface area (Å²) in [6.45, 7) is 4.77. The fraction of sp³-hybridized carbons (Fsp3) is 0.233. The molecule has 0 saturated carbocycles. The van der Waals surface area contributed by atoms with Gasteiger partial charge in [0.15, 0.2) is 11.5 Å². The summed E-state index contributed by atoms with van der Waals surface area (Å²) in [4.78, 5) is 28.1. The van der Waals surface area contributed by atoms with Gasteiger partial charge < -0.3 is 19.3 Å². The Kier molecular flexibility index (Phi) is 7.97. The second-order valence-corrected chi connectivity index (χ2v) is 8.54. The Morgan fingerprint density at radius 3 is 2.29 bits per heavy atom. The van der Waals surface area contributed by atoms with Gasteiger partial charge in [-0.2, -0.15) is 5.26 Å². The van der Waals surface area contributed by atoms with E-state index in [2.05, 4.69) is 0 Å². The fourth-order valence-corrected chi connectivity index (χ4v) is 4.33. The monoisotopic (exact) mass is 512 g/mol. The minimum atomic E-state index is -0.955. The first-order valence-electron chi connectivity index (χ1n) is 12.3. The van der Waals surface area contributed by atoms with Crippen molar-refractivity contribution in [2.45, 2.75) is 26.3 Å². The second kappa shape index (κ2) is 11.5. The van der Waals surface area contributed by atoms with Crippen molar-refractivity contribution >= 4 is 23.1 Å². The van der Waals surface area contributed by atoms with Crippen LogP contribution >= 0.6 is 0 Å². The van der Waals surface area contributed by atoms with Crippen LogP contribution in [0.5, 0.6) is 17.2 Å². The predicted molar refractivity (Wildman–Crippen MR) is 142 cm³/mol. The maximum absolute atomic E-state index is 13.4. The van der Waals surface area contributed by atoms with Crippen molar-refractivity contribution in [1.29, 1.82) is 5.26 Å². The average molecular weight is 513 g/mol. The van der Waals surface area contributed by atoms with Crippen LogP contribution in [0.25, 0.3) is 5.76 Å². The molecule has 0 radical (unpaired) electrons. The number of benzene rings is 3. The van der Waals surface area contributed by atoms with Gasteiger partial charge in [-0.15, -0.1) is 0 Å². The highest BCUT2D eigenvalue weighted by Crippen LogP contribution is 2.44. The van der Waals surface area contributed by atoms with Crippen molar-refractivity contribution in [2.75, 3.05) is 25.2 Å². The fourth-order valence-electron chi connectivity index (χ4n) is 4.33. The van der Waals surface area contributed by atoms with E-state index >= 15 is 0 Å². The van der Waals surface area contributed by atoms with Crippen LogP contribution in [0, 0.1) is 11.3 Å². The van der Waals surface area contributed by atoms with Gasteiger partial charge in [0.2, 0.25) is 0 Å². The van der Waals surface area contributed by atoms with E-state index in [1.54, 1.807) is 66.7 Å². The number of aliphatic hydroxyl groups excluding tert-OH is 1. The highest BCUT2D eigenvalue weighted by molar-refractivity contribution is 6.51. The van der Waals surface area contributed by atoms with E-state index in [1.807, 2.05) is 19.9 Å². The smallest absolute Gasteiger partial charge is 0.300 e. The van der Waals surface area contributed by atoms with Gasteiger partial charge in [0.25, 0.3) is 11.7 Å². The SMILES string of the molecule is CCCOc1ccc(/C(O)=C2/C(=O)C(=O)N(c3ccc(C#N)cc3)C2c2ccc(OC)c(OCC)c2)cc1. The molecule has 1 aliphatic rings. The number of ether oxygens (including phenoxy) is 3. The number of rotatable bonds is 9. The van der Waals surface area contributed by atoms with Crippen LogP contribution in [-0.4, -0.2) is 37.1 Å². The molecule has 0 aliphatic carbocycles. The summed E-state index contributed by atoms with van der Waals surface area (Å²) in [5, 5.41) is 20.6. The third kappa shape index (κ3) is 5.04. The van der Waals surface area contributed by atoms with Crippen molar-refractivity contribution in [3.8, 4) is 23.3 Å². The second-order valence-electron chi connectivity index (χ2n) is 8.54.